The molecule has 0 amide bonds. The maximum Gasteiger partial charge on any atom is 0.258 e. The van der Waals surface area contributed by atoms with Gasteiger partial charge in [-0.15, -0.1) is 0 Å². The van der Waals surface area contributed by atoms with Crippen molar-refractivity contribution in [1.29, 1.82) is 0 Å². The summed E-state index contributed by atoms with van der Waals surface area (Å²) in [6.07, 6.45) is 4.97. The molecule has 1 N–H and O–H groups in total. The Morgan fingerprint density at radius 1 is 1.07 bits per heavy atom. The van der Waals surface area contributed by atoms with E-state index < -0.39 is 0 Å². The number of hydrogen-bond acceptors (Lipinski definition) is 6. The van der Waals surface area contributed by atoms with Crippen LogP contribution in [0.5, 0.6) is 5.75 Å². The normalized spacial score (nSPS) is 14.1. The molecule has 8 heteroatoms. The first-order valence-corrected chi connectivity index (χ1v) is 9.45. The third kappa shape index (κ3) is 4.32. The molecule has 0 saturated carbocycles. The molecule has 7 nitrogen and oxygen atoms in total. The van der Waals surface area contributed by atoms with Crippen molar-refractivity contribution in [2.45, 2.75) is 6.61 Å². The summed E-state index contributed by atoms with van der Waals surface area (Å²) in [6.45, 7) is 4.04. The van der Waals surface area contributed by atoms with Crippen LogP contribution in [-0.4, -0.2) is 40.7 Å². The van der Waals surface area contributed by atoms with Gasteiger partial charge in [-0.3, -0.25) is 14.3 Å². The molecule has 0 bridgehead atoms. The first kappa shape index (κ1) is 18.5. The minimum Gasteiger partial charge on any atom is -0.487 e. The third-order valence-corrected chi connectivity index (χ3v) is 4.74. The van der Waals surface area contributed by atoms with Crippen molar-refractivity contribution in [3.63, 3.8) is 0 Å². The second-order valence-corrected chi connectivity index (χ2v) is 6.88. The SMILES string of the molecule is O=c1cc(OCc2ccc(Cl)cn2)ccn1-c1ccc(N2CCNCC2)nc1. The Balaban J connectivity index is 1.45. The molecule has 1 aliphatic heterocycles. The van der Waals surface area contributed by atoms with Crippen molar-refractivity contribution in [3.05, 3.63) is 76.1 Å². The predicted octanol–water partition coefficient (Wildman–Crippen LogP) is 2.27. The molecule has 0 atom stereocenters. The van der Waals surface area contributed by atoms with Crippen molar-refractivity contribution < 1.29 is 4.74 Å². The molecule has 28 heavy (non-hydrogen) atoms. The average Bonchev–Trinajstić information content (AvgIpc) is 2.74. The summed E-state index contributed by atoms with van der Waals surface area (Å²) in [4.78, 5) is 23.4. The Morgan fingerprint density at radius 2 is 1.93 bits per heavy atom. The molecule has 0 radical (unpaired) electrons. The van der Waals surface area contributed by atoms with Gasteiger partial charge in [0.15, 0.2) is 0 Å². The monoisotopic (exact) mass is 397 g/mol. The van der Waals surface area contributed by atoms with E-state index in [0.29, 0.717) is 10.8 Å². The Morgan fingerprint density at radius 3 is 2.61 bits per heavy atom. The average molecular weight is 398 g/mol. The molecular weight excluding hydrogens is 378 g/mol. The van der Waals surface area contributed by atoms with Crippen LogP contribution < -0.4 is 20.5 Å². The van der Waals surface area contributed by atoms with E-state index in [1.807, 2.05) is 12.1 Å². The first-order chi connectivity index (χ1) is 13.7. The largest absolute Gasteiger partial charge is 0.487 e. The van der Waals surface area contributed by atoms with Crippen molar-refractivity contribution in [1.82, 2.24) is 19.9 Å². The second-order valence-electron chi connectivity index (χ2n) is 6.44. The lowest BCUT2D eigenvalue weighted by molar-refractivity contribution is 0.300. The number of hydrogen-bond donors (Lipinski definition) is 1. The lowest BCUT2D eigenvalue weighted by atomic mass is 10.3. The van der Waals surface area contributed by atoms with Gasteiger partial charge in [0.05, 0.1) is 22.6 Å². The maximum atomic E-state index is 12.5. The van der Waals surface area contributed by atoms with Gasteiger partial charge < -0.3 is 15.0 Å². The highest BCUT2D eigenvalue weighted by Gasteiger charge is 2.11. The van der Waals surface area contributed by atoms with Gasteiger partial charge in [-0.2, -0.15) is 0 Å². The molecule has 144 valence electrons. The van der Waals surface area contributed by atoms with E-state index in [-0.39, 0.29) is 12.2 Å². The topological polar surface area (TPSA) is 72.3 Å². The van der Waals surface area contributed by atoms with Gasteiger partial charge in [0.1, 0.15) is 18.2 Å². The van der Waals surface area contributed by atoms with E-state index in [1.165, 1.54) is 6.07 Å². The fraction of sp³-hybridized carbons (Fsp3) is 0.250. The summed E-state index contributed by atoms with van der Waals surface area (Å²) < 4.78 is 7.20. The van der Waals surface area contributed by atoms with Crippen LogP contribution in [0.2, 0.25) is 5.02 Å². The van der Waals surface area contributed by atoms with Gasteiger partial charge in [0.2, 0.25) is 0 Å². The van der Waals surface area contributed by atoms with Gasteiger partial charge in [0.25, 0.3) is 5.56 Å². The number of rotatable bonds is 5. The smallest absolute Gasteiger partial charge is 0.258 e. The molecule has 4 rings (SSSR count). The summed E-state index contributed by atoms with van der Waals surface area (Å²) >= 11 is 5.82. The van der Waals surface area contributed by atoms with Gasteiger partial charge in [0, 0.05) is 44.6 Å². The molecule has 0 aromatic carbocycles. The number of anilines is 1. The van der Waals surface area contributed by atoms with Crippen molar-refractivity contribution >= 4 is 17.4 Å². The van der Waals surface area contributed by atoms with Gasteiger partial charge in [-0.25, -0.2) is 4.98 Å². The van der Waals surface area contributed by atoms with E-state index in [2.05, 4.69) is 20.2 Å². The number of nitrogens with one attached hydrogen (secondary N) is 1. The molecule has 3 aromatic rings. The summed E-state index contributed by atoms with van der Waals surface area (Å²) in [5.74, 6) is 1.41. The van der Waals surface area contributed by atoms with E-state index in [9.17, 15) is 4.79 Å². The Bertz CT molecular complexity index is 983. The van der Waals surface area contributed by atoms with Crippen molar-refractivity contribution in [3.8, 4) is 11.4 Å². The zero-order valence-electron chi connectivity index (χ0n) is 15.2. The molecular formula is C20H20ClN5O2. The van der Waals surface area contributed by atoms with Gasteiger partial charge in [-0.05, 0) is 30.3 Å². The zero-order chi connectivity index (χ0) is 19.3. The summed E-state index contributed by atoms with van der Waals surface area (Å²) in [6, 6.07) is 10.6. The number of nitrogens with zero attached hydrogens (tertiary/aromatic N) is 4. The van der Waals surface area contributed by atoms with Gasteiger partial charge in [-0.1, -0.05) is 11.6 Å². The van der Waals surface area contributed by atoms with Crippen LogP contribution in [-0.2, 0) is 6.61 Å². The van der Waals surface area contributed by atoms with Crippen LogP contribution in [0.4, 0.5) is 5.82 Å². The number of ether oxygens (including phenoxy) is 1. The zero-order valence-corrected chi connectivity index (χ0v) is 16.0. The minimum absolute atomic E-state index is 0.182. The predicted molar refractivity (Wildman–Crippen MR) is 108 cm³/mol. The molecule has 3 aromatic heterocycles. The molecule has 0 spiro atoms. The maximum absolute atomic E-state index is 12.5. The molecule has 0 unspecified atom stereocenters. The highest BCUT2D eigenvalue weighted by atomic mass is 35.5. The highest BCUT2D eigenvalue weighted by molar-refractivity contribution is 6.30. The third-order valence-electron chi connectivity index (χ3n) is 4.52. The van der Waals surface area contributed by atoms with E-state index in [0.717, 1.165) is 43.4 Å². The minimum atomic E-state index is -0.182. The van der Waals surface area contributed by atoms with Crippen LogP contribution in [0.25, 0.3) is 5.69 Å². The van der Waals surface area contributed by atoms with E-state index in [4.69, 9.17) is 16.3 Å². The van der Waals surface area contributed by atoms with Crippen LogP contribution in [0.3, 0.4) is 0 Å². The standard InChI is InChI=1S/C20H20ClN5O2/c21-15-1-2-16(23-12-15)14-28-18-5-8-26(20(27)11-18)17-3-4-19(24-13-17)25-9-6-22-7-10-25/h1-5,8,11-13,22H,6-7,9-10,14H2. The first-order valence-electron chi connectivity index (χ1n) is 9.07. The van der Waals surface area contributed by atoms with E-state index in [1.54, 1.807) is 41.4 Å². The van der Waals surface area contributed by atoms with Crippen molar-refractivity contribution in [2.75, 3.05) is 31.1 Å². The van der Waals surface area contributed by atoms with Crippen LogP contribution in [0, 0.1) is 0 Å². The highest BCUT2D eigenvalue weighted by Crippen LogP contribution is 2.15. The van der Waals surface area contributed by atoms with Gasteiger partial charge >= 0.3 is 0 Å². The fourth-order valence-corrected chi connectivity index (χ4v) is 3.13. The molecule has 1 saturated heterocycles. The summed E-state index contributed by atoms with van der Waals surface area (Å²) in [5.41, 5.74) is 1.27. The Hall–Kier alpha value is -2.90. The quantitative estimate of drug-likeness (QED) is 0.712. The Kier molecular flexibility index (Phi) is 5.55. The lowest BCUT2D eigenvalue weighted by Crippen LogP contribution is -2.43. The Labute approximate surface area is 167 Å². The number of piperazine rings is 1. The number of halogens is 1. The summed E-state index contributed by atoms with van der Waals surface area (Å²) in [5, 5.41) is 3.89. The molecule has 1 fully saturated rings. The van der Waals surface area contributed by atoms with Crippen LogP contribution >= 0.6 is 11.6 Å². The van der Waals surface area contributed by atoms with E-state index >= 15 is 0 Å². The lowest BCUT2D eigenvalue weighted by Gasteiger charge is -2.28. The summed E-state index contributed by atoms with van der Waals surface area (Å²) in [7, 11) is 0. The van der Waals surface area contributed by atoms with Crippen LogP contribution in [0.1, 0.15) is 5.69 Å². The van der Waals surface area contributed by atoms with Crippen molar-refractivity contribution in [2.24, 2.45) is 0 Å². The van der Waals surface area contributed by atoms with Crippen LogP contribution in [0.15, 0.2) is 59.8 Å². The fourth-order valence-electron chi connectivity index (χ4n) is 3.01. The number of pyridine rings is 3. The molecule has 4 heterocycles. The molecule has 0 aliphatic carbocycles. The number of aromatic nitrogens is 3. The second kappa shape index (κ2) is 8.41. The molecule has 1 aliphatic rings.